The summed E-state index contributed by atoms with van der Waals surface area (Å²) in [5.41, 5.74) is 7.59. The van der Waals surface area contributed by atoms with Gasteiger partial charge in [0.15, 0.2) is 0 Å². The van der Waals surface area contributed by atoms with Gasteiger partial charge in [0.05, 0.1) is 7.11 Å². The lowest BCUT2D eigenvalue weighted by molar-refractivity contribution is 0.387. The van der Waals surface area contributed by atoms with Gasteiger partial charge in [-0.05, 0) is 55.2 Å². The van der Waals surface area contributed by atoms with E-state index in [1.165, 1.54) is 18.4 Å². The van der Waals surface area contributed by atoms with E-state index in [2.05, 4.69) is 19.1 Å². The number of benzene rings is 1. The van der Waals surface area contributed by atoms with Crippen LogP contribution in [0, 0.1) is 11.8 Å². The Labute approximate surface area is 104 Å². The SMILES string of the molecule is COc1ccc(CCC(N)C(C)C2CC2)cc1. The molecule has 2 nitrogen and oxygen atoms in total. The first-order valence-corrected chi connectivity index (χ1v) is 6.59. The average Bonchev–Trinajstić information content (AvgIpc) is 3.20. The standard InChI is InChI=1S/C15H23NO/c1-11(13-6-7-13)15(16)10-5-12-3-8-14(17-2)9-4-12/h3-4,8-9,11,13,15H,5-7,10,16H2,1-2H3. The van der Waals surface area contributed by atoms with Gasteiger partial charge in [-0.25, -0.2) is 0 Å². The predicted molar refractivity (Wildman–Crippen MR) is 71.2 cm³/mol. The van der Waals surface area contributed by atoms with Gasteiger partial charge in [0, 0.05) is 6.04 Å². The number of nitrogens with two attached hydrogens (primary N) is 1. The smallest absolute Gasteiger partial charge is 0.118 e. The second-order valence-corrected chi connectivity index (χ2v) is 5.25. The van der Waals surface area contributed by atoms with Crippen LogP contribution in [0.1, 0.15) is 31.7 Å². The van der Waals surface area contributed by atoms with Crippen molar-refractivity contribution in [3.63, 3.8) is 0 Å². The molecule has 0 heterocycles. The zero-order valence-electron chi connectivity index (χ0n) is 10.9. The van der Waals surface area contributed by atoms with E-state index < -0.39 is 0 Å². The van der Waals surface area contributed by atoms with Gasteiger partial charge in [-0.15, -0.1) is 0 Å². The van der Waals surface area contributed by atoms with Crippen molar-refractivity contribution in [2.24, 2.45) is 17.6 Å². The van der Waals surface area contributed by atoms with Gasteiger partial charge in [-0.2, -0.15) is 0 Å². The molecule has 17 heavy (non-hydrogen) atoms. The topological polar surface area (TPSA) is 35.2 Å². The molecule has 0 aromatic heterocycles. The summed E-state index contributed by atoms with van der Waals surface area (Å²) in [4.78, 5) is 0. The number of aryl methyl sites for hydroxylation is 1. The summed E-state index contributed by atoms with van der Waals surface area (Å²) in [6.45, 7) is 2.30. The third kappa shape index (κ3) is 3.47. The highest BCUT2D eigenvalue weighted by molar-refractivity contribution is 5.27. The molecule has 1 aliphatic rings. The molecule has 0 saturated heterocycles. The van der Waals surface area contributed by atoms with Gasteiger partial charge in [0.2, 0.25) is 0 Å². The summed E-state index contributed by atoms with van der Waals surface area (Å²) in [7, 11) is 1.70. The molecule has 0 spiro atoms. The first-order valence-electron chi connectivity index (χ1n) is 6.59. The van der Waals surface area contributed by atoms with E-state index in [0.717, 1.165) is 24.5 Å². The van der Waals surface area contributed by atoms with Crippen LogP contribution >= 0.6 is 0 Å². The number of hydrogen-bond donors (Lipinski definition) is 1. The molecule has 1 aromatic carbocycles. The maximum atomic E-state index is 6.24. The lowest BCUT2D eigenvalue weighted by atomic mass is 9.92. The first-order chi connectivity index (χ1) is 8.20. The van der Waals surface area contributed by atoms with Crippen LogP contribution in [0.15, 0.2) is 24.3 Å². The Kier molecular flexibility index (Phi) is 4.06. The minimum Gasteiger partial charge on any atom is -0.497 e. The maximum absolute atomic E-state index is 6.24. The van der Waals surface area contributed by atoms with Gasteiger partial charge in [0.25, 0.3) is 0 Å². The fraction of sp³-hybridized carbons (Fsp3) is 0.600. The summed E-state index contributed by atoms with van der Waals surface area (Å²) >= 11 is 0. The monoisotopic (exact) mass is 233 g/mol. The van der Waals surface area contributed by atoms with Crippen molar-refractivity contribution >= 4 is 0 Å². The van der Waals surface area contributed by atoms with Crippen LogP contribution in [0.25, 0.3) is 0 Å². The molecule has 1 aromatic rings. The molecular weight excluding hydrogens is 210 g/mol. The Morgan fingerprint density at radius 2 is 1.94 bits per heavy atom. The van der Waals surface area contributed by atoms with Crippen molar-refractivity contribution < 1.29 is 4.74 Å². The third-order valence-corrected chi connectivity index (χ3v) is 3.97. The predicted octanol–water partition coefficient (Wildman–Crippen LogP) is 3.00. The second-order valence-electron chi connectivity index (χ2n) is 5.25. The van der Waals surface area contributed by atoms with Crippen molar-refractivity contribution in [3.05, 3.63) is 29.8 Å². The van der Waals surface area contributed by atoms with Crippen LogP contribution in [-0.4, -0.2) is 13.2 Å². The Balaban J connectivity index is 1.79. The molecule has 0 aliphatic heterocycles. The van der Waals surface area contributed by atoms with E-state index >= 15 is 0 Å². The van der Waals surface area contributed by atoms with E-state index in [-0.39, 0.29) is 0 Å². The normalized spacial score (nSPS) is 18.8. The van der Waals surface area contributed by atoms with Crippen LogP contribution in [0.5, 0.6) is 5.75 Å². The van der Waals surface area contributed by atoms with Crippen molar-refractivity contribution in [2.45, 2.75) is 38.6 Å². The lowest BCUT2D eigenvalue weighted by Crippen LogP contribution is -2.30. The van der Waals surface area contributed by atoms with Gasteiger partial charge in [-0.3, -0.25) is 0 Å². The molecule has 94 valence electrons. The number of ether oxygens (including phenoxy) is 1. The minimum atomic E-state index is 0.351. The van der Waals surface area contributed by atoms with Crippen LogP contribution in [0.3, 0.4) is 0 Å². The van der Waals surface area contributed by atoms with E-state index in [4.69, 9.17) is 10.5 Å². The Hall–Kier alpha value is -1.02. The van der Waals surface area contributed by atoms with Gasteiger partial charge >= 0.3 is 0 Å². The highest BCUT2D eigenvalue weighted by Crippen LogP contribution is 2.38. The van der Waals surface area contributed by atoms with Crippen LogP contribution in [0.4, 0.5) is 0 Å². The van der Waals surface area contributed by atoms with Crippen LogP contribution in [-0.2, 0) is 6.42 Å². The van der Waals surface area contributed by atoms with Crippen molar-refractivity contribution in [1.82, 2.24) is 0 Å². The summed E-state index contributed by atoms with van der Waals surface area (Å²) in [5, 5.41) is 0. The van der Waals surface area contributed by atoms with Gasteiger partial charge in [0.1, 0.15) is 5.75 Å². The first kappa shape index (κ1) is 12.4. The third-order valence-electron chi connectivity index (χ3n) is 3.97. The van der Waals surface area contributed by atoms with Gasteiger partial charge < -0.3 is 10.5 Å². The van der Waals surface area contributed by atoms with Gasteiger partial charge in [-0.1, -0.05) is 19.1 Å². The van der Waals surface area contributed by atoms with Crippen LogP contribution in [0.2, 0.25) is 0 Å². The fourth-order valence-corrected chi connectivity index (χ4v) is 2.36. The van der Waals surface area contributed by atoms with E-state index in [1.807, 2.05) is 12.1 Å². The largest absolute Gasteiger partial charge is 0.497 e. The molecule has 1 fully saturated rings. The number of hydrogen-bond acceptors (Lipinski definition) is 2. The molecular formula is C15H23NO. The lowest BCUT2D eigenvalue weighted by Gasteiger charge is -2.19. The van der Waals surface area contributed by atoms with E-state index in [1.54, 1.807) is 7.11 Å². The van der Waals surface area contributed by atoms with E-state index in [0.29, 0.717) is 12.0 Å². The molecule has 2 rings (SSSR count). The number of rotatable bonds is 6. The quantitative estimate of drug-likeness (QED) is 0.819. The highest BCUT2D eigenvalue weighted by atomic mass is 16.5. The Morgan fingerprint density at radius 1 is 1.29 bits per heavy atom. The molecule has 1 saturated carbocycles. The molecule has 2 atom stereocenters. The summed E-state index contributed by atoms with van der Waals surface area (Å²) in [6.07, 6.45) is 4.93. The van der Waals surface area contributed by atoms with Crippen molar-refractivity contribution in [2.75, 3.05) is 7.11 Å². The Bertz CT molecular complexity index is 342. The summed E-state index contributed by atoms with van der Waals surface area (Å²) in [5.74, 6) is 2.51. The number of methoxy groups -OCH3 is 1. The second kappa shape index (κ2) is 5.54. The highest BCUT2D eigenvalue weighted by Gasteiger charge is 2.31. The zero-order chi connectivity index (χ0) is 12.3. The maximum Gasteiger partial charge on any atom is 0.118 e. The average molecular weight is 233 g/mol. The molecule has 0 amide bonds. The minimum absolute atomic E-state index is 0.351. The summed E-state index contributed by atoms with van der Waals surface area (Å²) in [6, 6.07) is 8.65. The van der Waals surface area contributed by atoms with Crippen molar-refractivity contribution in [3.8, 4) is 5.75 Å². The zero-order valence-corrected chi connectivity index (χ0v) is 10.9. The Morgan fingerprint density at radius 3 is 2.47 bits per heavy atom. The molecule has 0 radical (unpaired) electrons. The fourth-order valence-electron chi connectivity index (χ4n) is 2.36. The molecule has 2 unspecified atom stereocenters. The summed E-state index contributed by atoms with van der Waals surface area (Å²) < 4.78 is 5.15. The molecule has 2 N–H and O–H groups in total. The molecule has 1 aliphatic carbocycles. The molecule has 2 heteroatoms. The van der Waals surface area contributed by atoms with E-state index in [9.17, 15) is 0 Å². The van der Waals surface area contributed by atoms with Crippen molar-refractivity contribution in [1.29, 1.82) is 0 Å². The van der Waals surface area contributed by atoms with Crippen LogP contribution < -0.4 is 10.5 Å². The molecule has 0 bridgehead atoms.